The van der Waals surface area contributed by atoms with Crippen molar-refractivity contribution in [2.75, 3.05) is 33.1 Å². The summed E-state index contributed by atoms with van der Waals surface area (Å²) in [6, 6.07) is 13.4. The molecule has 1 aliphatic rings. The summed E-state index contributed by atoms with van der Waals surface area (Å²) in [5.41, 5.74) is 1.98. The van der Waals surface area contributed by atoms with Gasteiger partial charge in [-0.2, -0.15) is 0 Å². The van der Waals surface area contributed by atoms with Crippen LogP contribution in [0.1, 0.15) is 22.3 Å². The summed E-state index contributed by atoms with van der Waals surface area (Å²) in [5, 5.41) is 3.17. The molecule has 3 rings (SSSR count). The fraction of sp³-hybridized carbons (Fsp3) is 0.304. The monoisotopic (exact) mass is 455 g/mol. The second-order valence-electron chi connectivity index (χ2n) is 7.31. The number of anilines is 1. The number of esters is 1. The minimum absolute atomic E-state index is 0.0370. The van der Waals surface area contributed by atoms with Crippen LogP contribution in [-0.4, -0.2) is 66.5 Å². The summed E-state index contributed by atoms with van der Waals surface area (Å²) >= 11 is 5.44. The van der Waals surface area contributed by atoms with Crippen molar-refractivity contribution in [1.82, 2.24) is 9.80 Å². The first kappa shape index (κ1) is 23.2. The van der Waals surface area contributed by atoms with Gasteiger partial charge in [-0.1, -0.05) is 12.1 Å². The molecule has 1 N–H and O–H groups in total. The number of carbonyl (C=O) groups is 3. The molecule has 0 spiro atoms. The highest BCUT2D eigenvalue weighted by molar-refractivity contribution is 7.80. The van der Waals surface area contributed by atoms with Gasteiger partial charge in [0.15, 0.2) is 5.11 Å². The van der Waals surface area contributed by atoms with Crippen molar-refractivity contribution in [3.05, 3.63) is 59.7 Å². The number of carbonyl (C=O) groups excluding carboxylic acids is 3. The van der Waals surface area contributed by atoms with Crippen LogP contribution >= 0.6 is 12.2 Å². The molecule has 1 heterocycles. The Morgan fingerprint density at radius 3 is 2.31 bits per heavy atom. The molecular weight excluding hydrogens is 430 g/mol. The molecule has 8 nitrogen and oxygen atoms in total. The molecular formula is C23H25N3O5S. The maximum Gasteiger partial charge on any atom is 0.337 e. The zero-order valence-corrected chi connectivity index (χ0v) is 19.0. The molecule has 168 valence electrons. The van der Waals surface area contributed by atoms with Crippen LogP contribution in [0.3, 0.4) is 0 Å². The van der Waals surface area contributed by atoms with Crippen molar-refractivity contribution in [3.8, 4) is 5.75 Å². The standard InChI is InChI=1S/C23H25N3O5S/c1-25-21(28)19(14-20(27)24-17-8-6-16(7-9-17)22(29)31-3)26(23(25)32)13-12-15-4-10-18(30-2)11-5-15/h4-11,19H,12-14H2,1-3H3,(H,24,27). The van der Waals surface area contributed by atoms with E-state index in [1.165, 1.54) is 12.0 Å². The van der Waals surface area contributed by atoms with Gasteiger partial charge in [0.1, 0.15) is 11.8 Å². The van der Waals surface area contributed by atoms with Gasteiger partial charge in [0, 0.05) is 19.3 Å². The Morgan fingerprint density at radius 2 is 1.72 bits per heavy atom. The summed E-state index contributed by atoms with van der Waals surface area (Å²) in [5.74, 6) is -0.208. The van der Waals surface area contributed by atoms with Gasteiger partial charge in [-0.15, -0.1) is 0 Å². The predicted octanol–water partition coefficient (Wildman–Crippen LogP) is 2.48. The highest BCUT2D eigenvalue weighted by Crippen LogP contribution is 2.21. The lowest BCUT2D eigenvalue weighted by Crippen LogP contribution is -2.39. The summed E-state index contributed by atoms with van der Waals surface area (Å²) in [6.07, 6.45) is 0.628. The third kappa shape index (κ3) is 5.23. The fourth-order valence-electron chi connectivity index (χ4n) is 3.46. The molecule has 0 aliphatic carbocycles. The van der Waals surface area contributed by atoms with E-state index in [1.807, 2.05) is 24.3 Å². The van der Waals surface area contributed by atoms with Crippen molar-refractivity contribution >= 4 is 40.8 Å². The van der Waals surface area contributed by atoms with E-state index in [2.05, 4.69) is 10.1 Å². The van der Waals surface area contributed by atoms with E-state index in [-0.39, 0.29) is 18.2 Å². The van der Waals surface area contributed by atoms with Gasteiger partial charge in [-0.3, -0.25) is 14.5 Å². The summed E-state index contributed by atoms with van der Waals surface area (Å²) in [7, 11) is 4.54. The van der Waals surface area contributed by atoms with Crippen LogP contribution in [0.5, 0.6) is 5.75 Å². The molecule has 2 aromatic carbocycles. The molecule has 0 radical (unpaired) electrons. The van der Waals surface area contributed by atoms with Gasteiger partial charge in [0.2, 0.25) is 5.91 Å². The van der Waals surface area contributed by atoms with Gasteiger partial charge in [0.25, 0.3) is 5.91 Å². The lowest BCUT2D eigenvalue weighted by Gasteiger charge is -2.23. The summed E-state index contributed by atoms with van der Waals surface area (Å²) in [4.78, 5) is 40.1. The Hall–Kier alpha value is -3.46. The number of methoxy groups -OCH3 is 2. The Labute approximate surface area is 192 Å². The zero-order valence-electron chi connectivity index (χ0n) is 18.2. The largest absolute Gasteiger partial charge is 0.497 e. The van der Waals surface area contributed by atoms with Gasteiger partial charge >= 0.3 is 5.97 Å². The van der Waals surface area contributed by atoms with E-state index >= 15 is 0 Å². The van der Waals surface area contributed by atoms with Gasteiger partial charge < -0.3 is 19.7 Å². The second kappa shape index (κ2) is 10.2. The number of benzene rings is 2. The highest BCUT2D eigenvalue weighted by atomic mass is 32.1. The van der Waals surface area contributed by atoms with Crippen molar-refractivity contribution in [2.24, 2.45) is 0 Å². The van der Waals surface area contributed by atoms with Crippen molar-refractivity contribution in [3.63, 3.8) is 0 Å². The number of thiocarbonyl (C=S) groups is 1. The maximum atomic E-state index is 12.7. The van der Waals surface area contributed by atoms with E-state index in [9.17, 15) is 14.4 Å². The SMILES string of the molecule is COC(=O)c1ccc(NC(=O)CC2C(=O)N(C)C(=S)N2CCc2ccc(OC)cc2)cc1. The van der Waals surface area contributed by atoms with E-state index in [4.69, 9.17) is 17.0 Å². The minimum atomic E-state index is -0.667. The number of rotatable bonds is 8. The number of ether oxygens (including phenoxy) is 2. The number of likely N-dealkylation sites (N-methyl/N-ethyl adjacent to an activating group) is 1. The number of nitrogens with one attached hydrogen (secondary N) is 1. The molecule has 2 amide bonds. The molecule has 1 unspecified atom stereocenters. The average molecular weight is 456 g/mol. The zero-order chi connectivity index (χ0) is 23.3. The second-order valence-corrected chi connectivity index (χ2v) is 7.67. The van der Waals surface area contributed by atoms with Crippen LogP contribution in [0.2, 0.25) is 0 Å². The molecule has 2 aromatic rings. The van der Waals surface area contributed by atoms with E-state index in [0.717, 1.165) is 11.3 Å². The van der Waals surface area contributed by atoms with Crippen molar-refractivity contribution in [1.29, 1.82) is 0 Å². The van der Waals surface area contributed by atoms with Crippen molar-refractivity contribution < 1.29 is 23.9 Å². The quantitative estimate of drug-likeness (QED) is 0.483. The van der Waals surface area contributed by atoms with Crippen LogP contribution in [0.25, 0.3) is 0 Å². The Bertz CT molecular complexity index is 1010. The van der Waals surface area contributed by atoms with E-state index in [0.29, 0.717) is 29.3 Å². The fourth-order valence-corrected chi connectivity index (χ4v) is 3.77. The van der Waals surface area contributed by atoms with E-state index < -0.39 is 12.0 Å². The predicted molar refractivity (Wildman–Crippen MR) is 124 cm³/mol. The molecule has 0 saturated carbocycles. The van der Waals surface area contributed by atoms with Gasteiger partial charge in [0.05, 0.1) is 26.2 Å². The summed E-state index contributed by atoms with van der Waals surface area (Å²) < 4.78 is 9.84. The van der Waals surface area contributed by atoms with Crippen LogP contribution in [0, 0.1) is 0 Å². The van der Waals surface area contributed by atoms with Crippen LogP contribution in [0.4, 0.5) is 5.69 Å². The first-order chi connectivity index (χ1) is 15.3. The Kier molecular flexibility index (Phi) is 7.42. The van der Waals surface area contributed by atoms with Crippen LogP contribution < -0.4 is 10.1 Å². The third-order valence-electron chi connectivity index (χ3n) is 5.29. The molecule has 1 fully saturated rings. The molecule has 1 atom stereocenters. The molecule has 0 aromatic heterocycles. The van der Waals surface area contributed by atoms with Crippen LogP contribution in [0.15, 0.2) is 48.5 Å². The minimum Gasteiger partial charge on any atom is -0.497 e. The lowest BCUT2D eigenvalue weighted by molar-refractivity contribution is -0.130. The van der Waals surface area contributed by atoms with E-state index in [1.54, 1.807) is 43.3 Å². The van der Waals surface area contributed by atoms with Gasteiger partial charge in [-0.05, 0) is 60.6 Å². The van der Waals surface area contributed by atoms with Crippen molar-refractivity contribution in [2.45, 2.75) is 18.9 Å². The molecule has 1 aliphatic heterocycles. The molecule has 9 heteroatoms. The summed E-state index contributed by atoms with van der Waals surface area (Å²) in [6.45, 7) is 0.507. The van der Waals surface area contributed by atoms with Crippen LogP contribution in [-0.2, 0) is 20.7 Å². The third-order valence-corrected chi connectivity index (χ3v) is 5.80. The smallest absolute Gasteiger partial charge is 0.337 e. The number of hydrogen-bond donors (Lipinski definition) is 1. The number of nitrogens with zero attached hydrogens (tertiary/aromatic N) is 2. The van der Waals surface area contributed by atoms with Gasteiger partial charge in [-0.25, -0.2) is 4.79 Å². The first-order valence-corrected chi connectivity index (χ1v) is 10.4. The Morgan fingerprint density at radius 1 is 1.06 bits per heavy atom. The first-order valence-electron chi connectivity index (χ1n) is 10.0. The molecule has 0 bridgehead atoms. The highest BCUT2D eigenvalue weighted by Gasteiger charge is 2.41. The Balaban J connectivity index is 1.64. The number of hydrogen-bond acceptors (Lipinski definition) is 6. The molecule has 32 heavy (non-hydrogen) atoms. The lowest BCUT2D eigenvalue weighted by atomic mass is 10.1. The molecule has 1 saturated heterocycles. The number of amides is 2. The maximum absolute atomic E-state index is 12.7. The normalized spacial score (nSPS) is 15.7. The average Bonchev–Trinajstić information content (AvgIpc) is 3.01. The topological polar surface area (TPSA) is 88.2 Å².